The number of benzene rings is 4. The topological polar surface area (TPSA) is 186 Å². The van der Waals surface area contributed by atoms with Crippen molar-refractivity contribution in [2.45, 2.75) is 36.2 Å². The van der Waals surface area contributed by atoms with Gasteiger partial charge in [0.25, 0.3) is 6.47 Å². The molecule has 0 bridgehead atoms. The fourth-order valence-corrected chi connectivity index (χ4v) is 6.21. The molecule has 0 spiro atoms. The van der Waals surface area contributed by atoms with Gasteiger partial charge in [0, 0.05) is 0 Å². The van der Waals surface area contributed by atoms with Crippen LogP contribution in [0.25, 0.3) is 0 Å². The summed E-state index contributed by atoms with van der Waals surface area (Å²) in [7, 11) is -3.91. The Kier molecular flexibility index (Phi) is 13.9. The summed E-state index contributed by atoms with van der Waals surface area (Å²) >= 11 is 0. The fourth-order valence-electron chi connectivity index (χ4n) is 4.61. The number of hydrogen-bond donors (Lipinski definition) is 4. The first-order chi connectivity index (χ1) is 23.7. The molecule has 1 fully saturated rings. The van der Waals surface area contributed by atoms with Crippen LogP contribution in [0.15, 0.2) is 108 Å². The number of ether oxygens (including phenoxy) is 3. The first-order valence-corrected chi connectivity index (χ1v) is 15.8. The average Bonchev–Trinajstić information content (AvgIpc) is 3.05. The number of carbonyl (C=O) groups is 2. The lowest BCUT2D eigenvalue weighted by Gasteiger charge is -2.48. The maximum absolute atomic E-state index is 13.3. The number of rotatable bonds is 12. The Labute approximate surface area is 283 Å². The minimum atomic E-state index is -3.91. The van der Waals surface area contributed by atoms with Crippen LogP contribution in [-0.4, -0.2) is 72.8 Å². The van der Waals surface area contributed by atoms with E-state index in [-0.39, 0.29) is 48.1 Å². The summed E-state index contributed by atoms with van der Waals surface area (Å²) < 4.78 is 90.5. The Hall–Kier alpha value is -5.39. The zero-order valence-corrected chi connectivity index (χ0v) is 26.7. The van der Waals surface area contributed by atoms with E-state index in [1.54, 1.807) is 12.1 Å². The lowest BCUT2D eigenvalue weighted by atomic mass is 9.87. The smallest absolute Gasteiger partial charge is 0.387 e. The van der Waals surface area contributed by atoms with Gasteiger partial charge in [-0.15, -0.1) is 0 Å². The molecule has 0 aliphatic carbocycles. The molecule has 4 aromatic rings. The van der Waals surface area contributed by atoms with Gasteiger partial charge < -0.3 is 35.3 Å². The fraction of sp³-hybridized carbons (Fsp3) is 0.212. The first-order valence-electron chi connectivity index (χ1n) is 14.4. The van der Waals surface area contributed by atoms with Crippen molar-refractivity contribution in [2.24, 2.45) is 5.73 Å². The second kappa shape index (κ2) is 17.8. The number of aliphatic carboxylic acids is 1. The predicted molar refractivity (Wildman–Crippen MR) is 170 cm³/mol. The van der Waals surface area contributed by atoms with Crippen molar-refractivity contribution >= 4 is 22.5 Å². The number of phenolic OH excluding ortho intramolecular Hbond substituents is 1. The molecule has 17 heteroatoms. The van der Waals surface area contributed by atoms with Crippen LogP contribution >= 0.6 is 0 Å². The Morgan fingerprint density at radius 1 is 0.840 bits per heavy atom. The summed E-state index contributed by atoms with van der Waals surface area (Å²) in [5.74, 6) is -0.775. The van der Waals surface area contributed by atoms with Gasteiger partial charge in [-0.2, -0.15) is 21.9 Å². The SMILES string of the molecule is NC(Cc1cccc(S(=O)(=O)N2CC(Oc3ccc(OC(F)F)cc3)(c3ccccc3)C2)c1)C(=O)O.O=CO.Oc1ccc(OC(F)F)cc1. The van der Waals surface area contributed by atoms with Gasteiger partial charge in [-0.05, 0) is 78.2 Å². The zero-order valence-electron chi connectivity index (χ0n) is 25.9. The van der Waals surface area contributed by atoms with Crippen LogP contribution in [0, 0.1) is 0 Å². The maximum Gasteiger partial charge on any atom is 0.387 e. The number of nitrogens with zero attached hydrogens (tertiary/aromatic N) is 1. The number of sulfonamides is 1. The summed E-state index contributed by atoms with van der Waals surface area (Å²) in [6.07, 6.45) is -0.0129. The van der Waals surface area contributed by atoms with Crippen molar-refractivity contribution in [3.05, 3.63) is 114 Å². The van der Waals surface area contributed by atoms with Crippen molar-refractivity contribution in [1.29, 1.82) is 0 Å². The molecule has 12 nitrogen and oxygen atoms in total. The molecule has 5 N–H and O–H groups in total. The summed E-state index contributed by atoms with van der Waals surface area (Å²) in [4.78, 5) is 19.4. The second-order valence-electron chi connectivity index (χ2n) is 10.4. The van der Waals surface area contributed by atoms with Crippen LogP contribution in [0.3, 0.4) is 0 Å². The third kappa shape index (κ3) is 11.1. The van der Waals surface area contributed by atoms with Crippen molar-refractivity contribution in [2.75, 3.05) is 13.1 Å². The lowest BCUT2D eigenvalue weighted by Crippen LogP contribution is -2.64. The lowest BCUT2D eigenvalue weighted by molar-refractivity contribution is -0.138. The van der Waals surface area contributed by atoms with Crippen LogP contribution in [0.4, 0.5) is 17.6 Å². The molecule has 1 unspecified atom stereocenters. The Bertz CT molecular complexity index is 1780. The molecule has 0 saturated carbocycles. The van der Waals surface area contributed by atoms with Crippen molar-refractivity contribution in [1.82, 2.24) is 4.31 Å². The minimum absolute atomic E-state index is 0.00744. The highest BCUT2D eigenvalue weighted by atomic mass is 32.2. The third-order valence-corrected chi connectivity index (χ3v) is 8.68. The van der Waals surface area contributed by atoms with E-state index in [1.165, 1.54) is 65.0 Å². The molecular formula is C33H32F4N2O10S. The number of carboxylic acid groups (broad SMARTS) is 2. The van der Waals surface area contributed by atoms with Gasteiger partial charge >= 0.3 is 19.2 Å². The number of halogens is 4. The molecule has 5 rings (SSSR count). The van der Waals surface area contributed by atoms with Crippen LogP contribution in [0.2, 0.25) is 0 Å². The van der Waals surface area contributed by atoms with Crippen molar-refractivity contribution in [3.8, 4) is 23.0 Å². The van der Waals surface area contributed by atoms with Gasteiger partial charge in [-0.1, -0.05) is 42.5 Å². The zero-order chi connectivity index (χ0) is 36.9. The Morgan fingerprint density at radius 2 is 1.34 bits per heavy atom. The molecule has 1 atom stereocenters. The van der Waals surface area contributed by atoms with Crippen molar-refractivity contribution in [3.63, 3.8) is 0 Å². The van der Waals surface area contributed by atoms with Gasteiger partial charge in [0.2, 0.25) is 10.0 Å². The van der Waals surface area contributed by atoms with Crippen LogP contribution < -0.4 is 19.9 Å². The molecular weight excluding hydrogens is 692 g/mol. The van der Waals surface area contributed by atoms with Crippen LogP contribution in [0.1, 0.15) is 11.1 Å². The minimum Gasteiger partial charge on any atom is -0.508 e. The van der Waals surface area contributed by atoms with Gasteiger partial charge in [-0.25, -0.2) is 8.42 Å². The van der Waals surface area contributed by atoms with E-state index in [9.17, 15) is 30.8 Å². The van der Waals surface area contributed by atoms with Crippen LogP contribution in [0.5, 0.6) is 23.0 Å². The van der Waals surface area contributed by atoms with E-state index in [4.69, 9.17) is 30.6 Å². The standard InChI is InChI=1S/C25H24F2N2O6S.C7H6F2O2.CH2O2/c26-24(27)34-19-9-11-20(12-10-19)35-25(18-6-2-1-3-7-18)15-29(16-25)36(32,33)21-8-4-5-17(13-21)14-22(28)23(30)31;8-7(9)11-6-3-1-5(10)2-4-6;2-1-3/h1-13,22,24H,14-16,28H2,(H,30,31);1-4,7,10H;1H,(H,2,3). The monoisotopic (exact) mass is 724 g/mol. The maximum atomic E-state index is 13.3. The highest BCUT2D eigenvalue weighted by molar-refractivity contribution is 7.89. The van der Waals surface area contributed by atoms with E-state index in [1.807, 2.05) is 30.3 Å². The van der Waals surface area contributed by atoms with Gasteiger partial charge in [-0.3, -0.25) is 9.59 Å². The van der Waals surface area contributed by atoms with Gasteiger partial charge in [0.05, 0.1) is 18.0 Å². The summed E-state index contributed by atoms with van der Waals surface area (Å²) in [5, 5.41) is 24.7. The first kappa shape index (κ1) is 39.1. The van der Waals surface area contributed by atoms with Crippen molar-refractivity contribution < 1.29 is 65.1 Å². The molecule has 1 aliphatic heterocycles. The largest absolute Gasteiger partial charge is 0.508 e. The molecule has 4 aromatic carbocycles. The normalized spacial score (nSPS) is 14.1. The number of alkyl halides is 4. The van der Waals surface area contributed by atoms with E-state index in [2.05, 4.69) is 9.47 Å². The number of aromatic hydroxyl groups is 1. The molecule has 1 heterocycles. The predicted octanol–water partition coefficient (Wildman–Crippen LogP) is 4.92. The highest BCUT2D eigenvalue weighted by Crippen LogP contribution is 2.40. The molecule has 1 aliphatic rings. The van der Waals surface area contributed by atoms with E-state index < -0.39 is 40.9 Å². The van der Waals surface area contributed by atoms with Gasteiger partial charge in [0.15, 0.2) is 5.60 Å². The Morgan fingerprint density at radius 3 is 1.84 bits per heavy atom. The molecule has 50 heavy (non-hydrogen) atoms. The second-order valence-corrected chi connectivity index (χ2v) is 12.3. The van der Waals surface area contributed by atoms with E-state index >= 15 is 0 Å². The number of carboxylic acids is 1. The quantitative estimate of drug-likeness (QED) is 0.115. The summed E-state index contributed by atoms with van der Waals surface area (Å²) in [6, 6.07) is 24.7. The van der Waals surface area contributed by atoms with Gasteiger partial charge in [0.1, 0.15) is 29.0 Å². The molecule has 0 radical (unpaired) electrons. The third-order valence-electron chi connectivity index (χ3n) is 6.90. The van der Waals surface area contributed by atoms with Crippen LogP contribution in [-0.2, 0) is 31.6 Å². The molecule has 268 valence electrons. The molecule has 0 amide bonds. The average molecular weight is 725 g/mol. The molecule has 0 aromatic heterocycles. The Balaban J connectivity index is 0.000000404. The highest BCUT2D eigenvalue weighted by Gasteiger charge is 2.52. The number of nitrogens with two attached hydrogens (primary N) is 1. The molecule has 1 saturated heterocycles. The summed E-state index contributed by atoms with van der Waals surface area (Å²) in [5.41, 5.74) is 5.84. The van der Waals surface area contributed by atoms with E-state index in [0.29, 0.717) is 11.3 Å². The summed E-state index contributed by atoms with van der Waals surface area (Å²) in [6.45, 7) is -6.00. The number of hydrogen-bond acceptors (Lipinski definition) is 9. The van der Waals surface area contributed by atoms with E-state index in [0.717, 1.165) is 5.56 Å². The number of phenols is 1.